The lowest BCUT2D eigenvalue weighted by molar-refractivity contribution is -0.122. The van der Waals surface area contributed by atoms with Crippen LogP contribution in [0.1, 0.15) is 32.1 Å². The molecule has 3 unspecified atom stereocenters. The van der Waals surface area contributed by atoms with Crippen molar-refractivity contribution in [2.75, 3.05) is 0 Å². The molecule has 0 radical (unpaired) electrons. The van der Waals surface area contributed by atoms with Gasteiger partial charge in [0.2, 0.25) is 0 Å². The lowest BCUT2D eigenvalue weighted by Crippen LogP contribution is -2.60. The van der Waals surface area contributed by atoms with Crippen LogP contribution in [-0.2, 0) is 0 Å². The van der Waals surface area contributed by atoms with Gasteiger partial charge in [-0.2, -0.15) is 0 Å². The first-order chi connectivity index (χ1) is 6.62. The predicted molar refractivity (Wildman–Crippen MR) is 53.9 cm³/mol. The van der Waals surface area contributed by atoms with E-state index in [1.807, 2.05) is 0 Å². The summed E-state index contributed by atoms with van der Waals surface area (Å²) in [5, 5.41) is 17.9. The highest BCUT2D eigenvalue weighted by Gasteiger charge is 2.58. The molecule has 4 N–H and O–H groups in total. The van der Waals surface area contributed by atoms with Gasteiger partial charge < -0.3 is 10.8 Å². The number of aliphatic hydroxyl groups excluding tert-OH is 1. The molecule has 4 fully saturated rings. The maximum atomic E-state index is 10.2. The van der Waals surface area contributed by atoms with E-state index in [4.69, 9.17) is 11.1 Å². The molecular weight excluding hydrogens is 176 g/mol. The number of nitrogens with one attached hydrogen (secondary N) is 1. The van der Waals surface area contributed by atoms with Gasteiger partial charge in [0, 0.05) is 0 Å². The van der Waals surface area contributed by atoms with Crippen molar-refractivity contribution in [1.29, 1.82) is 5.41 Å². The van der Waals surface area contributed by atoms with Crippen LogP contribution in [0.2, 0.25) is 0 Å². The summed E-state index contributed by atoms with van der Waals surface area (Å²) >= 11 is 0. The van der Waals surface area contributed by atoms with Crippen molar-refractivity contribution >= 4 is 5.84 Å². The van der Waals surface area contributed by atoms with E-state index in [0.717, 1.165) is 24.7 Å². The molecule has 4 rings (SSSR count). The third kappa shape index (κ3) is 0.888. The van der Waals surface area contributed by atoms with Crippen molar-refractivity contribution in [3.63, 3.8) is 0 Å². The van der Waals surface area contributed by atoms with E-state index >= 15 is 0 Å². The zero-order valence-corrected chi connectivity index (χ0v) is 8.37. The minimum Gasteiger partial charge on any atom is -0.392 e. The molecule has 0 spiro atoms. The third-order valence-corrected chi connectivity index (χ3v) is 4.79. The minimum absolute atomic E-state index is 0.240. The largest absolute Gasteiger partial charge is 0.392 e. The molecular formula is C11H18N2O. The van der Waals surface area contributed by atoms with Gasteiger partial charge in [-0.3, -0.25) is 5.41 Å². The molecule has 4 aliphatic rings. The fraction of sp³-hybridized carbons (Fsp3) is 0.909. The molecule has 4 bridgehead atoms. The molecule has 3 nitrogen and oxygen atoms in total. The first kappa shape index (κ1) is 8.72. The normalized spacial score (nSPS) is 54.9. The molecule has 0 aromatic rings. The van der Waals surface area contributed by atoms with Crippen molar-refractivity contribution in [3.8, 4) is 0 Å². The number of amidine groups is 1. The van der Waals surface area contributed by atoms with Gasteiger partial charge in [-0.05, 0) is 49.9 Å². The smallest absolute Gasteiger partial charge is 0.0995 e. The Bertz CT molecular complexity index is 275. The van der Waals surface area contributed by atoms with Gasteiger partial charge >= 0.3 is 0 Å². The number of nitrogens with two attached hydrogens (primary N) is 1. The van der Waals surface area contributed by atoms with Crippen LogP contribution in [0.15, 0.2) is 0 Å². The summed E-state index contributed by atoms with van der Waals surface area (Å²) < 4.78 is 0. The van der Waals surface area contributed by atoms with Gasteiger partial charge in [0.25, 0.3) is 0 Å². The summed E-state index contributed by atoms with van der Waals surface area (Å²) in [6.07, 6.45) is 5.28. The fourth-order valence-corrected chi connectivity index (χ4v) is 4.39. The molecule has 4 aliphatic carbocycles. The monoisotopic (exact) mass is 194 g/mol. The van der Waals surface area contributed by atoms with Gasteiger partial charge in [-0.15, -0.1) is 0 Å². The van der Waals surface area contributed by atoms with E-state index in [1.54, 1.807) is 0 Å². The Labute approximate surface area is 84.2 Å². The minimum atomic E-state index is -0.326. The van der Waals surface area contributed by atoms with Crippen molar-refractivity contribution in [2.24, 2.45) is 28.9 Å². The average Bonchev–Trinajstić information content (AvgIpc) is 2.12. The molecule has 14 heavy (non-hydrogen) atoms. The van der Waals surface area contributed by atoms with Gasteiger partial charge in [0.05, 0.1) is 17.4 Å². The Morgan fingerprint density at radius 3 is 2.29 bits per heavy atom. The Balaban J connectivity index is 2.01. The van der Waals surface area contributed by atoms with Crippen LogP contribution in [0.4, 0.5) is 0 Å². The summed E-state index contributed by atoms with van der Waals surface area (Å²) in [6, 6.07) is 0. The van der Waals surface area contributed by atoms with E-state index in [0.29, 0.717) is 5.92 Å². The highest BCUT2D eigenvalue weighted by atomic mass is 16.3. The molecule has 3 atom stereocenters. The van der Waals surface area contributed by atoms with Gasteiger partial charge in [-0.1, -0.05) is 0 Å². The van der Waals surface area contributed by atoms with E-state index in [-0.39, 0.29) is 17.4 Å². The van der Waals surface area contributed by atoms with Crippen LogP contribution >= 0.6 is 0 Å². The van der Waals surface area contributed by atoms with Crippen LogP contribution in [0, 0.1) is 28.6 Å². The van der Waals surface area contributed by atoms with E-state index in [2.05, 4.69) is 0 Å². The highest BCUT2D eigenvalue weighted by Crippen LogP contribution is 2.59. The van der Waals surface area contributed by atoms with Gasteiger partial charge in [0.15, 0.2) is 0 Å². The second kappa shape index (κ2) is 2.51. The lowest BCUT2D eigenvalue weighted by Gasteiger charge is -2.58. The van der Waals surface area contributed by atoms with Gasteiger partial charge in [0.1, 0.15) is 0 Å². The maximum Gasteiger partial charge on any atom is 0.0995 e. The zero-order chi connectivity index (χ0) is 9.92. The summed E-state index contributed by atoms with van der Waals surface area (Å²) in [5.74, 6) is 2.15. The fourth-order valence-electron chi connectivity index (χ4n) is 4.39. The summed E-state index contributed by atoms with van der Waals surface area (Å²) in [5.41, 5.74) is 5.38. The summed E-state index contributed by atoms with van der Waals surface area (Å²) in [7, 11) is 0. The van der Waals surface area contributed by atoms with Crippen LogP contribution < -0.4 is 5.73 Å². The van der Waals surface area contributed by atoms with Crippen molar-refractivity contribution in [1.82, 2.24) is 0 Å². The molecule has 0 aliphatic heterocycles. The van der Waals surface area contributed by atoms with E-state index in [1.165, 1.54) is 19.3 Å². The second-order valence-electron chi connectivity index (χ2n) is 5.62. The second-order valence-corrected chi connectivity index (χ2v) is 5.62. The lowest BCUT2D eigenvalue weighted by atomic mass is 9.48. The SMILES string of the molecule is N=C(N)C12CC3CC(CC(C3)C1O)C2. The first-order valence-electron chi connectivity index (χ1n) is 5.64. The third-order valence-electron chi connectivity index (χ3n) is 4.79. The average molecular weight is 194 g/mol. The highest BCUT2D eigenvalue weighted by molar-refractivity contribution is 5.84. The quantitative estimate of drug-likeness (QED) is 0.432. The van der Waals surface area contributed by atoms with Gasteiger partial charge in [-0.25, -0.2) is 0 Å². The predicted octanol–water partition coefficient (Wildman–Crippen LogP) is 1.11. The Morgan fingerprint density at radius 1 is 1.21 bits per heavy atom. The Hall–Kier alpha value is -0.570. The standard InChI is InChI=1S/C11H18N2O/c12-10(13)11-4-6-1-7(5-11)3-8(2-6)9(11)14/h6-9,14H,1-5H2,(H3,12,13). The Kier molecular flexibility index (Phi) is 1.56. The zero-order valence-electron chi connectivity index (χ0n) is 8.37. The van der Waals surface area contributed by atoms with Crippen molar-refractivity contribution < 1.29 is 5.11 Å². The molecule has 3 heteroatoms. The Morgan fingerprint density at radius 2 is 1.79 bits per heavy atom. The summed E-state index contributed by atoms with van der Waals surface area (Å²) in [4.78, 5) is 0. The van der Waals surface area contributed by atoms with Crippen LogP contribution in [-0.4, -0.2) is 17.0 Å². The topological polar surface area (TPSA) is 70.1 Å². The van der Waals surface area contributed by atoms with Crippen molar-refractivity contribution in [2.45, 2.75) is 38.2 Å². The first-order valence-corrected chi connectivity index (χ1v) is 5.64. The molecule has 0 aromatic carbocycles. The number of aliphatic hydroxyl groups is 1. The molecule has 0 saturated heterocycles. The molecule has 78 valence electrons. The molecule has 4 saturated carbocycles. The van der Waals surface area contributed by atoms with Crippen LogP contribution in [0.5, 0.6) is 0 Å². The van der Waals surface area contributed by atoms with Crippen LogP contribution in [0.25, 0.3) is 0 Å². The van der Waals surface area contributed by atoms with E-state index in [9.17, 15) is 5.11 Å². The summed E-state index contributed by atoms with van der Waals surface area (Å²) in [6.45, 7) is 0. The number of hydrogen-bond acceptors (Lipinski definition) is 2. The molecule has 0 aromatic heterocycles. The molecule has 0 heterocycles. The molecule has 0 amide bonds. The van der Waals surface area contributed by atoms with Crippen molar-refractivity contribution in [3.05, 3.63) is 0 Å². The number of rotatable bonds is 1. The van der Waals surface area contributed by atoms with E-state index < -0.39 is 0 Å². The number of hydrogen-bond donors (Lipinski definition) is 3. The maximum absolute atomic E-state index is 10.2. The van der Waals surface area contributed by atoms with Crippen LogP contribution in [0.3, 0.4) is 0 Å².